The summed E-state index contributed by atoms with van der Waals surface area (Å²) in [6.45, 7) is 6.77. The molecule has 0 saturated carbocycles. The first kappa shape index (κ1) is 20.3. The summed E-state index contributed by atoms with van der Waals surface area (Å²) in [5.74, 6) is 0.463. The van der Waals surface area contributed by atoms with E-state index < -0.39 is 4.92 Å². The number of hydrogen-bond donors (Lipinski definition) is 3. The molecule has 0 bridgehead atoms. The lowest BCUT2D eigenvalue weighted by atomic mass is 10.1. The van der Waals surface area contributed by atoms with Gasteiger partial charge in [-0.3, -0.25) is 19.3 Å². The molecule has 152 valence electrons. The summed E-state index contributed by atoms with van der Waals surface area (Å²) in [6, 6.07) is 9.72. The number of nitrogens with zero attached hydrogens (tertiary/aromatic N) is 3. The standard InChI is InChI=1S/C20H24N6O3/c1-20(2,3)24-18-17(13-5-4-6-15(11-13)26(28)29)23-16-12-14(7-10-25(16)18)19(27)22-9-8-21/h4-7,10-12,24H,8-9,21H2,1-3H3,(H,22,27). The molecule has 0 fully saturated rings. The molecule has 0 aliphatic heterocycles. The van der Waals surface area contributed by atoms with Crippen molar-refractivity contribution in [1.29, 1.82) is 0 Å². The number of aromatic nitrogens is 2. The molecular weight excluding hydrogens is 372 g/mol. The lowest BCUT2D eigenvalue weighted by Crippen LogP contribution is -2.29. The van der Waals surface area contributed by atoms with Gasteiger partial charge in [0.25, 0.3) is 11.6 Å². The number of rotatable bonds is 6. The molecule has 2 aromatic heterocycles. The maximum Gasteiger partial charge on any atom is 0.270 e. The van der Waals surface area contributed by atoms with E-state index in [1.165, 1.54) is 12.1 Å². The van der Waals surface area contributed by atoms with E-state index >= 15 is 0 Å². The van der Waals surface area contributed by atoms with Crippen LogP contribution < -0.4 is 16.4 Å². The molecule has 0 unspecified atom stereocenters. The van der Waals surface area contributed by atoms with Crippen molar-refractivity contribution in [2.24, 2.45) is 5.73 Å². The summed E-state index contributed by atoms with van der Waals surface area (Å²) in [5.41, 5.74) is 7.35. The van der Waals surface area contributed by atoms with Crippen LogP contribution in [0, 0.1) is 10.1 Å². The minimum Gasteiger partial charge on any atom is -0.365 e. The fraction of sp³-hybridized carbons (Fsp3) is 0.300. The van der Waals surface area contributed by atoms with Crippen LogP contribution in [0.4, 0.5) is 11.5 Å². The van der Waals surface area contributed by atoms with E-state index in [2.05, 4.69) is 15.6 Å². The molecule has 0 radical (unpaired) electrons. The highest BCUT2D eigenvalue weighted by molar-refractivity contribution is 5.95. The second-order valence-corrected chi connectivity index (χ2v) is 7.68. The SMILES string of the molecule is CC(C)(C)Nc1c(-c2cccc([N+](=O)[O-])c2)nc2cc(C(=O)NCCN)ccn12. The minimum absolute atomic E-state index is 0.0110. The fourth-order valence-corrected chi connectivity index (χ4v) is 2.92. The van der Waals surface area contributed by atoms with E-state index in [0.29, 0.717) is 41.4 Å². The number of hydrogen-bond acceptors (Lipinski definition) is 6. The minimum atomic E-state index is -0.434. The van der Waals surface area contributed by atoms with Crippen molar-refractivity contribution in [1.82, 2.24) is 14.7 Å². The van der Waals surface area contributed by atoms with Crippen molar-refractivity contribution >= 4 is 23.1 Å². The molecule has 0 aliphatic carbocycles. The van der Waals surface area contributed by atoms with Crippen LogP contribution in [-0.2, 0) is 0 Å². The smallest absolute Gasteiger partial charge is 0.270 e. The van der Waals surface area contributed by atoms with Gasteiger partial charge in [0.05, 0.1) is 4.92 Å². The van der Waals surface area contributed by atoms with Crippen LogP contribution in [0.3, 0.4) is 0 Å². The molecule has 3 rings (SSSR count). The average molecular weight is 396 g/mol. The number of nitro benzene ring substituents is 1. The highest BCUT2D eigenvalue weighted by Crippen LogP contribution is 2.32. The Kier molecular flexibility index (Phi) is 5.51. The highest BCUT2D eigenvalue weighted by atomic mass is 16.6. The second kappa shape index (κ2) is 7.88. The van der Waals surface area contributed by atoms with Crippen molar-refractivity contribution < 1.29 is 9.72 Å². The van der Waals surface area contributed by atoms with Crippen molar-refractivity contribution in [3.63, 3.8) is 0 Å². The number of nitro groups is 1. The van der Waals surface area contributed by atoms with Crippen molar-refractivity contribution in [3.8, 4) is 11.3 Å². The Bertz CT molecular complexity index is 1070. The molecule has 3 aromatic rings. The lowest BCUT2D eigenvalue weighted by Gasteiger charge is -2.22. The molecule has 1 amide bonds. The largest absolute Gasteiger partial charge is 0.365 e. The average Bonchev–Trinajstić information content (AvgIpc) is 3.02. The number of nitrogens with two attached hydrogens (primary N) is 1. The molecular formula is C20H24N6O3. The number of amides is 1. The third kappa shape index (κ3) is 4.52. The molecule has 2 heterocycles. The molecule has 4 N–H and O–H groups in total. The molecule has 0 atom stereocenters. The van der Waals surface area contributed by atoms with E-state index in [4.69, 9.17) is 5.73 Å². The van der Waals surface area contributed by atoms with Crippen LogP contribution in [-0.4, -0.2) is 38.8 Å². The molecule has 9 nitrogen and oxygen atoms in total. The molecule has 1 aromatic carbocycles. The maximum atomic E-state index is 12.3. The summed E-state index contributed by atoms with van der Waals surface area (Å²) in [6.07, 6.45) is 1.76. The number of nitrogens with one attached hydrogen (secondary N) is 2. The highest BCUT2D eigenvalue weighted by Gasteiger charge is 2.21. The van der Waals surface area contributed by atoms with E-state index in [1.54, 1.807) is 30.5 Å². The Morgan fingerprint density at radius 2 is 2.03 bits per heavy atom. The van der Waals surface area contributed by atoms with E-state index in [0.717, 1.165) is 0 Å². The van der Waals surface area contributed by atoms with Gasteiger partial charge in [0, 0.05) is 48.1 Å². The summed E-state index contributed by atoms with van der Waals surface area (Å²) in [5, 5.41) is 17.3. The zero-order chi connectivity index (χ0) is 21.2. The van der Waals surface area contributed by atoms with Crippen LogP contribution >= 0.6 is 0 Å². The number of anilines is 1. The predicted octanol–water partition coefficient (Wildman–Crippen LogP) is 2.81. The van der Waals surface area contributed by atoms with Gasteiger partial charge in [-0.05, 0) is 32.9 Å². The van der Waals surface area contributed by atoms with Crippen LogP contribution in [0.25, 0.3) is 16.9 Å². The first-order valence-corrected chi connectivity index (χ1v) is 9.23. The summed E-state index contributed by atoms with van der Waals surface area (Å²) >= 11 is 0. The van der Waals surface area contributed by atoms with Gasteiger partial charge in [-0.2, -0.15) is 0 Å². The monoisotopic (exact) mass is 396 g/mol. The Morgan fingerprint density at radius 3 is 2.69 bits per heavy atom. The molecule has 0 saturated heterocycles. The number of imidazole rings is 1. The van der Waals surface area contributed by atoms with Crippen molar-refractivity contribution in [2.75, 3.05) is 18.4 Å². The van der Waals surface area contributed by atoms with Crippen molar-refractivity contribution in [3.05, 3.63) is 58.3 Å². The van der Waals surface area contributed by atoms with Crippen LogP contribution in [0.1, 0.15) is 31.1 Å². The van der Waals surface area contributed by atoms with Gasteiger partial charge in [-0.1, -0.05) is 12.1 Å². The van der Waals surface area contributed by atoms with Gasteiger partial charge in [-0.15, -0.1) is 0 Å². The topological polar surface area (TPSA) is 128 Å². The second-order valence-electron chi connectivity index (χ2n) is 7.68. The normalized spacial score (nSPS) is 11.4. The molecule has 0 spiro atoms. The van der Waals surface area contributed by atoms with Gasteiger partial charge in [-0.25, -0.2) is 4.98 Å². The summed E-state index contributed by atoms with van der Waals surface area (Å²) in [7, 11) is 0. The summed E-state index contributed by atoms with van der Waals surface area (Å²) < 4.78 is 1.83. The van der Waals surface area contributed by atoms with E-state index in [9.17, 15) is 14.9 Å². The Morgan fingerprint density at radius 1 is 1.28 bits per heavy atom. The predicted molar refractivity (Wildman–Crippen MR) is 112 cm³/mol. The number of fused-ring (bicyclic) bond motifs is 1. The Labute approximate surface area is 168 Å². The molecule has 9 heteroatoms. The number of carbonyl (C=O) groups excluding carboxylic acids is 1. The van der Waals surface area contributed by atoms with Gasteiger partial charge in [0.15, 0.2) is 0 Å². The Balaban J connectivity index is 2.14. The van der Waals surface area contributed by atoms with Gasteiger partial charge in [0.2, 0.25) is 0 Å². The fourth-order valence-electron chi connectivity index (χ4n) is 2.92. The number of non-ortho nitro benzene ring substituents is 1. The molecule has 0 aliphatic rings. The first-order valence-electron chi connectivity index (χ1n) is 9.23. The maximum absolute atomic E-state index is 12.3. The zero-order valence-electron chi connectivity index (χ0n) is 16.6. The van der Waals surface area contributed by atoms with Crippen LogP contribution in [0.5, 0.6) is 0 Å². The third-order valence-corrected chi connectivity index (χ3v) is 4.14. The van der Waals surface area contributed by atoms with Crippen LogP contribution in [0.2, 0.25) is 0 Å². The third-order valence-electron chi connectivity index (χ3n) is 4.14. The summed E-state index contributed by atoms with van der Waals surface area (Å²) in [4.78, 5) is 27.7. The van der Waals surface area contributed by atoms with E-state index in [-0.39, 0.29) is 17.1 Å². The van der Waals surface area contributed by atoms with Gasteiger partial charge < -0.3 is 16.4 Å². The zero-order valence-corrected chi connectivity index (χ0v) is 16.6. The number of carbonyl (C=O) groups is 1. The lowest BCUT2D eigenvalue weighted by molar-refractivity contribution is -0.384. The van der Waals surface area contributed by atoms with Gasteiger partial charge >= 0.3 is 0 Å². The Hall–Kier alpha value is -3.46. The number of pyridine rings is 1. The number of benzene rings is 1. The quantitative estimate of drug-likeness (QED) is 0.434. The van der Waals surface area contributed by atoms with Crippen molar-refractivity contribution in [2.45, 2.75) is 26.3 Å². The van der Waals surface area contributed by atoms with Crippen LogP contribution in [0.15, 0.2) is 42.6 Å². The first-order chi connectivity index (χ1) is 13.7. The van der Waals surface area contributed by atoms with E-state index in [1.807, 2.05) is 25.2 Å². The van der Waals surface area contributed by atoms with Gasteiger partial charge in [0.1, 0.15) is 17.2 Å². The molecule has 29 heavy (non-hydrogen) atoms.